The fourth-order valence-electron chi connectivity index (χ4n) is 2.83. The molecule has 2 rings (SSSR count). The molecule has 1 aliphatic rings. The van der Waals surface area contributed by atoms with Gasteiger partial charge in [-0.1, -0.05) is 26.0 Å². The molecule has 1 aromatic carbocycles. The number of aryl methyl sites for hydroxylation is 1. The van der Waals surface area contributed by atoms with E-state index >= 15 is 0 Å². The molecular formula is C16H26N2. The molecule has 0 aromatic heterocycles. The minimum Gasteiger partial charge on any atom is -0.369 e. The van der Waals surface area contributed by atoms with Gasteiger partial charge in [0, 0.05) is 30.7 Å². The number of hydrogen-bond acceptors (Lipinski definition) is 2. The zero-order valence-electron chi connectivity index (χ0n) is 12.2. The van der Waals surface area contributed by atoms with Crippen molar-refractivity contribution < 1.29 is 0 Å². The van der Waals surface area contributed by atoms with Gasteiger partial charge in [-0.15, -0.1) is 0 Å². The third kappa shape index (κ3) is 2.86. The fourth-order valence-corrected chi connectivity index (χ4v) is 2.83. The lowest BCUT2D eigenvalue weighted by molar-refractivity contribution is 0.533. The van der Waals surface area contributed by atoms with Crippen LogP contribution in [0.1, 0.15) is 44.2 Å². The topological polar surface area (TPSA) is 15.3 Å². The van der Waals surface area contributed by atoms with E-state index in [1.807, 2.05) is 0 Å². The van der Waals surface area contributed by atoms with Crippen LogP contribution in [0.4, 0.5) is 5.69 Å². The maximum absolute atomic E-state index is 3.58. The van der Waals surface area contributed by atoms with E-state index in [0.29, 0.717) is 12.0 Å². The van der Waals surface area contributed by atoms with Gasteiger partial charge in [-0.05, 0) is 44.0 Å². The van der Waals surface area contributed by atoms with Crippen LogP contribution in [0, 0.1) is 6.92 Å². The molecule has 1 aliphatic heterocycles. The molecule has 1 heterocycles. The Morgan fingerprint density at radius 1 is 1.44 bits per heavy atom. The van der Waals surface area contributed by atoms with Crippen molar-refractivity contribution in [2.75, 3.05) is 24.5 Å². The normalized spacial score (nSPS) is 20.0. The van der Waals surface area contributed by atoms with E-state index in [0.717, 1.165) is 19.6 Å². The van der Waals surface area contributed by atoms with Crippen LogP contribution in [0.25, 0.3) is 0 Å². The van der Waals surface area contributed by atoms with Gasteiger partial charge in [-0.25, -0.2) is 0 Å². The van der Waals surface area contributed by atoms with Crippen LogP contribution in [-0.4, -0.2) is 25.7 Å². The van der Waals surface area contributed by atoms with Gasteiger partial charge >= 0.3 is 0 Å². The Labute approximate surface area is 111 Å². The first kappa shape index (κ1) is 13.4. The molecule has 0 spiro atoms. The first-order valence-electron chi connectivity index (χ1n) is 7.20. The van der Waals surface area contributed by atoms with E-state index in [9.17, 15) is 0 Å². The number of hydrogen-bond donors (Lipinski definition) is 1. The maximum Gasteiger partial charge on any atom is 0.0405 e. The third-order valence-electron chi connectivity index (χ3n) is 3.79. The molecule has 0 saturated carbocycles. The molecule has 0 aliphatic carbocycles. The molecule has 100 valence electrons. The zero-order chi connectivity index (χ0) is 13.1. The summed E-state index contributed by atoms with van der Waals surface area (Å²) >= 11 is 0. The highest BCUT2D eigenvalue weighted by atomic mass is 15.2. The molecule has 2 atom stereocenters. The molecule has 2 heteroatoms. The number of rotatable bonds is 5. The lowest BCUT2D eigenvalue weighted by Gasteiger charge is -2.25. The second-order valence-electron chi connectivity index (χ2n) is 5.72. The van der Waals surface area contributed by atoms with Crippen LogP contribution in [0.2, 0.25) is 0 Å². The van der Waals surface area contributed by atoms with Gasteiger partial charge in [0.2, 0.25) is 0 Å². The Balaban J connectivity index is 2.06. The zero-order valence-corrected chi connectivity index (χ0v) is 12.2. The Hall–Kier alpha value is -1.02. The van der Waals surface area contributed by atoms with Crippen molar-refractivity contribution in [3.05, 3.63) is 29.3 Å². The van der Waals surface area contributed by atoms with E-state index in [1.165, 1.54) is 23.2 Å². The highest BCUT2D eigenvalue weighted by Gasteiger charge is 2.25. The molecule has 1 unspecified atom stereocenters. The Bertz CT molecular complexity index is 400. The fraction of sp³-hybridized carbons (Fsp3) is 0.625. The molecular weight excluding hydrogens is 220 g/mol. The molecule has 1 aromatic rings. The molecule has 0 fully saturated rings. The smallest absolute Gasteiger partial charge is 0.0405 e. The first-order chi connectivity index (χ1) is 8.61. The van der Waals surface area contributed by atoms with Gasteiger partial charge < -0.3 is 10.2 Å². The largest absolute Gasteiger partial charge is 0.369 e. The van der Waals surface area contributed by atoms with Crippen molar-refractivity contribution in [3.63, 3.8) is 0 Å². The number of anilines is 1. The van der Waals surface area contributed by atoms with E-state index in [1.54, 1.807) is 0 Å². The first-order valence-corrected chi connectivity index (χ1v) is 7.20. The number of fused-ring (bicyclic) bond motifs is 1. The van der Waals surface area contributed by atoms with E-state index in [-0.39, 0.29) is 0 Å². The summed E-state index contributed by atoms with van der Waals surface area (Å²) in [4.78, 5) is 2.54. The Morgan fingerprint density at radius 3 is 2.94 bits per heavy atom. The van der Waals surface area contributed by atoms with Crippen molar-refractivity contribution in [1.82, 2.24) is 5.32 Å². The summed E-state index contributed by atoms with van der Waals surface area (Å²) < 4.78 is 0. The summed E-state index contributed by atoms with van der Waals surface area (Å²) in [6.07, 6.45) is 1.20. The highest BCUT2D eigenvalue weighted by Crippen LogP contribution is 2.36. The number of benzene rings is 1. The van der Waals surface area contributed by atoms with E-state index < -0.39 is 0 Å². The van der Waals surface area contributed by atoms with Crippen molar-refractivity contribution in [3.8, 4) is 0 Å². The van der Waals surface area contributed by atoms with Crippen molar-refractivity contribution in [2.45, 2.75) is 46.1 Å². The molecule has 0 radical (unpaired) electrons. The maximum atomic E-state index is 3.58. The minimum absolute atomic E-state index is 0.559. The van der Waals surface area contributed by atoms with Crippen LogP contribution >= 0.6 is 0 Å². The molecule has 2 nitrogen and oxygen atoms in total. The van der Waals surface area contributed by atoms with Gasteiger partial charge in [0.1, 0.15) is 0 Å². The van der Waals surface area contributed by atoms with Crippen LogP contribution < -0.4 is 10.2 Å². The molecule has 0 saturated heterocycles. The summed E-state index contributed by atoms with van der Waals surface area (Å²) in [6, 6.07) is 7.44. The summed E-state index contributed by atoms with van der Waals surface area (Å²) in [5.41, 5.74) is 4.33. The van der Waals surface area contributed by atoms with E-state index in [4.69, 9.17) is 0 Å². The van der Waals surface area contributed by atoms with Crippen molar-refractivity contribution >= 4 is 5.69 Å². The summed E-state index contributed by atoms with van der Waals surface area (Å²) in [6.45, 7) is 12.4. The molecule has 1 N–H and O–H groups in total. The van der Waals surface area contributed by atoms with Crippen molar-refractivity contribution in [1.29, 1.82) is 0 Å². The molecule has 18 heavy (non-hydrogen) atoms. The second-order valence-corrected chi connectivity index (χ2v) is 5.72. The summed E-state index contributed by atoms with van der Waals surface area (Å²) in [5.74, 6) is 0.666. The average Bonchev–Trinajstić information content (AvgIpc) is 2.63. The number of nitrogens with one attached hydrogen (secondary N) is 1. The quantitative estimate of drug-likeness (QED) is 0.857. The van der Waals surface area contributed by atoms with Crippen molar-refractivity contribution in [2.24, 2.45) is 0 Å². The highest BCUT2D eigenvalue weighted by molar-refractivity contribution is 5.61. The van der Waals surface area contributed by atoms with Crippen LogP contribution in [-0.2, 0) is 0 Å². The van der Waals surface area contributed by atoms with Gasteiger partial charge in [0.15, 0.2) is 0 Å². The lowest BCUT2D eigenvalue weighted by Crippen LogP contribution is -2.39. The van der Waals surface area contributed by atoms with E-state index in [2.05, 4.69) is 56.1 Å². The van der Waals surface area contributed by atoms with Crippen LogP contribution in [0.3, 0.4) is 0 Å². The van der Waals surface area contributed by atoms with Gasteiger partial charge in [-0.2, -0.15) is 0 Å². The van der Waals surface area contributed by atoms with Crippen LogP contribution in [0.5, 0.6) is 0 Å². The Morgan fingerprint density at radius 2 is 2.22 bits per heavy atom. The Kier molecular flexibility index (Phi) is 4.28. The summed E-state index contributed by atoms with van der Waals surface area (Å²) in [5, 5.41) is 3.58. The van der Waals surface area contributed by atoms with Gasteiger partial charge in [-0.3, -0.25) is 0 Å². The third-order valence-corrected chi connectivity index (χ3v) is 3.79. The lowest BCUT2D eigenvalue weighted by atomic mass is 10.0. The predicted molar refractivity (Wildman–Crippen MR) is 79.6 cm³/mol. The molecule has 0 amide bonds. The summed E-state index contributed by atoms with van der Waals surface area (Å²) in [7, 11) is 0. The van der Waals surface area contributed by atoms with Gasteiger partial charge in [0.25, 0.3) is 0 Å². The number of nitrogens with zero attached hydrogens (tertiary/aromatic N) is 1. The van der Waals surface area contributed by atoms with Gasteiger partial charge in [0.05, 0.1) is 0 Å². The van der Waals surface area contributed by atoms with Crippen LogP contribution in [0.15, 0.2) is 18.2 Å². The second kappa shape index (κ2) is 5.75. The standard InChI is InChI=1S/C16H26N2/c1-5-8-17-14(4)11-18-10-13(3)15-7-6-12(2)9-16(15)18/h6-7,9,13-14,17H,5,8,10-11H2,1-4H3/t13?,14-/m1/s1. The predicted octanol–water partition coefficient (Wildman–Crippen LogP) is 3.31. The SMILES string of the molecule is CCCN[C@H](C)CN1CC(C)c2ccc(C)cc21. The molecule has 0 bridgehead atoms. The minimum atomic E-state index is 0.559. The monoisotopic (exact) mass is 246 g/mol. The average molecular weight is 246 g/mol.